The molecule has 0 heterocycles. The van der Waals surface area contributed by atoms with Crippen LogP contribution in [0.2, 0.25) is 0 Å². The summed E-state index contributed by atoms with van der Waals surface area (Å²) in [7, 11) is 0. The molecule has 0 atom stereocenters. The van der Waals surface area contributed by atoms with Gasteiger partial charge in [-0.15, -0.1) is 0 Å². The molecule has 0 aliphatic heterocycles. The number of nitrogens with one attached hydrogen (secondary N) is 1. The van der Waals surface area contributed by atoms with Gasteiger partial charge >= 0.3 is 5.97 Å². The number of carbonyl (C=O) groups excluding carboxylic acids is 1. The summed E-state index contributed by atoms with van der Waals surface area (Å²) in [6, 6.07) is 5.89. The molecule has 1 aromatic rings. The number of aliphatic carboxylic acids is 1. The largest absolute Gasteiger partial charge is 0.491 e. The molecule has 9 heteroatoms. The number of hydrogen-bond donors (Lipinski definition) is 3. The van der Waals surface area contributed by atoms with Crippen LogP contribution in [0.5, 0.6) is 5.75 Å². The number of thiol groups is 1. The number of rotatable bonds is 13. The molecule has 1 aromatic carbocycles. The van der Waals surface area contributed by atoms with Crippen molar-refractivity contribution in [3.63, 3.8) is 0 Å². The first kappa shape index (κ1) is 25.2. The first-order chi connectivity index (χ1) is 14.7. The monoisotopic (exact) mass is 452 g/mol. The number of aryl methyl sites for hydroxylation is 1. The Kier molecular flexibility index (Phi) is 10.3. The van der Waals surface area contributed by atoms with Gasteiger partial charge in [-0.1, -0.05) is 13.8 Å². The average molecular weight is 453 g/mol. The number of amides is 1. The Labute approximate surface area is 188 Å². The minimum Gasteiger partial charge on any atom is -0.491 e. The van der Waals surface area contributed by atoms with Crippen molar-refractivity contribution in [2.75, 3.05) is 33.0 Å². The quantitative estimate of drug-likeness (QED) is 0.241. The molecule has 1 amide bonds. The van der Waals surface area contributed by atoms with Gasteiger partial charge in [0.2, 0.25) is 5.91 Å². The van der Waals surface area contributed by atoms with E-state index in [4.69, 9.17) is 19.3 Å². The maximum atomic E-state index is 12.0. The molecule has 8 nitrogen and oxygen atoms in total. The molecule has 0 unspecified atom stereocenters. The van der Waals surface area contributed by atoms with Gasteiger partial charge in [-0.05, 0) is 43.0 Å². The standard InChI is InChI=1S/C22H32N2O6S/c1-22(2,31)15-20(25)24-23-19-5-3-4-16-14-17(6-7-18(16)19)30-13-12-29-11-10-28-9-8-21(26)27/h6-7,14,31H,3-5,8-13,15H2,1-2H3,(H,24,25)(H,26,27)/b23-19+. The minimum atomic E-state index is -0.875. The molecule has 31 heavy (non-hydrogen) atoms. The lowest BCUT2D eigenvalue weighted by molar-refractivity contribution is -0.138. The third-order valence-corrected chi connectivity index (χ3v) is 4.64. The van der Waals surface area contributed by atoms with Gasteiger partial charge in [0.05, 0.1) is 38.6 Å². The predicted molar refractivity (Wildman–Crippen MR) is 121 cm³/mol. The number of hydrogen-bond acceptors (Lipinski definition) is 7. The maximum absolute atomic E-state index is 12.0. The molecular formula is C22H32N2O6S. The van der Waals surface area contributed by atoms with Crippen LogP contribution in [0.15, 0.2) is 23.3 Å². The van der Waals surface area contributed by atoms with Crippen molar-refractivity contribution in [2.45, 2.75) is 50.7 Å². The molecule has 0 radical (unpaired) electrons. The van der Waals surface area contributed by atoms with Gasteiger partial charge in [0.1, 0.15) is 12.4 Å². The van der Waals surface area contributed by atoms with Crippen LogP contribution < -0.4 is 10.2 Å². The second-order valence-electron chi connectivity index (χ2n) is 7.97. The first-order valence-electron chi connectivity index (χ1n) is 10.5. The van der Waals surface area contributed by atoms with Crippen LogP contribution in [-0.2, 0) is 25.5 Å². The lowest BCUT2D eigenvalue weighted by Gasteiger charge is -2.20. The van der Waals surface area contributed by atoms with Crippen LogP contribution in [0, 0.1) is 0 Å². The fourth-order valence-electron chi connectivity index (χ4n) is 3.11. The number of fused-ring (bicyclic) bond motifs is 1. The molecule has 172 valence electrons. The summed E-state index contributed by atoms with van der Waals surface area (Å²) in [6.07, 6.45) is 3.01. The molecule has 0 saturated heterocycles. The van der Waals surface area contributed by atoms with Crippen LogP contribution >= 0.6 is 12.6 Å². The average Bonchev–Trinajstić information content (AvgIpc) is 2.69. The van der Waals surface area contributed by atoms with Crippen molar-refractivity contribution >= 4 is 30.2 Å². The van der Waals surface area contributed by atoms with Crippen LogP contribution in [0.3, 0.4) is 0 Å². The van der Waals surface area contributed by atoms with E-state index in [1.807, 2.05) is 32.0 Å². The van der Waals surface area contributed by atoms with Gasteiger partial charge in [-0.3, -0.25) is 9.59 Å². The predicted octanol–water partition coefficient (Wildman–Crippen LogP) is 2.83. The summed E-state index contributed by atoms with van der Waals surface area (Å²) in [5.74, 6) is -0.255. The zero-order valence-electron chi connectivity index (χ0n) is 18.2. The van der Waals surface area contributed by atoms with Crippen molar-refractivity contribution in [3.8, 4) is 5.75 Å². The van der Waals surface area contributed by atoms with Crippen molar-refractivity contribution in [3.05, 3.63) is 29.3 Å². The van der Waals surface area contributed by atoms with Gasteiger partial charge in [0, 0.05) is 16.7 Å². The SMILES string of the molecule is CC(C)(S)CC(=O)N/N=C1\CCCc2cc(OCCOCCOCCC(=O)O)ccc21. The number of hydrazone groups is 1. The highest BCUT2D eigenvalue weighted by atomic mass is 32.1. The Morgan fingerprint density at radius 1 is 1.13 bits per heavy atom. The van der Waals surface area contributed by atoms with E-state index in [2.05, 4.69) is 23.2 Å². The number of nitrogens with zero attached hydrogens (tertiary/aromatic N) is 1. The highest BCUT2D eigenvalue weighted by molar-refractivity contribution is 7.81. The Morgan fingerprint density at radius 3 is 2.55 bits per heavy atom. The molecule has 0 saturated carbocycles. The second-order valence-corrected chi connectivity index (χ2v) is 9.18. The van der Waals surface area contributed by atoms with E-state index < -0.39 is 5.97 Å². The van der Waals surface area contributed by atoms with Crippen LogP contribution in [0.4, 0.5) is 0 Å². The molecule has 1 aliphatic carbocycles. The fourth-order valence-corrected chi connectivity index (χ4v) is 3.25. The van der Waals surface area contributed by atoms with Crippen molar-refractivity contribution in [1.29, 1.82) is 0 Å². The van der Waals surface area contributed by atoms with Crippen LogP contribution in [0.25, 0.3) is 0 Å². The molecule has 1 aliphatic rings. The number of carboxylic acid groups (broad SMARTS) is 1. The minimum absolute atomic E-state index is 0.00588. The topological polar surface area (TPSA) is 106 Å². The summed E-state index contributed by atoms with van der Waals surface area (Å²) < 4.78 is 16.0. The van der Waals surface area contributed by atoms with E-state index in [9.17, 15) is 9.59 Å². The number of ether oxygens (including phenoxy) is 3. The number of benzene rings is 1. The van der Waals surface area contributed by atoms with Gasteiger partial charge < -0.3 is 19.3 Å². The maximum Gasteiger partial charge on any atom is 0.305 e. The Balaban J connectivity index is 1.75. The third kappa shape index (κ3) is 10.2. The second kappa shape index (κ2) is 12.7. The summed E-state index contributed by atoms with van der Waals surface area (Å²) in [4.78, 5) is 22.4. The van der Waals surface area contributed by atoms with Gasteiger partial charge in [-0.2, -0.15) is 17.7 Å². The van der Waals surface area contributed by atoms with E-state index in [1.54, 1.807) is 0 Å². The number of carbonyl (C=O) groups is 2. The van der Waals surface area contributed by atoms with E-state index in [1.165, 1.54) is 0 Å². The van der Waals surface area contributed by atoms with Gasteiger partial charge in [0.15, 0.2) is 0 Å². The highest BCUT2D eigenvalue weighted by Gasteiger charge is 2.19. The molecular weight excluding hydrogens is 420 g/mol. The van der Waals surface area contributed by atoms with E-state index in [-0.39, 0.29) is 23.7 Å². The normalized spacial score (nSPS) is 14.9. The van der Waals surface area contributed by atoms with Gasteiger partial charge in [-0.25, -0.2) is 5.43 Å². The molecule has 0 bridgehead atoms. The molecule has 2 N–H and O–H groups in total. The van der Waals surface area contributed by atoms with E-state index in [0.29, 0.717) is 32.8 Å². The lowest BCUT2D eigenvalue weighted by Crippen LogP contribution is -2.27. The van der Waals surface area contributed by atoms with Crippen molar-refractivity contribution in [2.24, 2.45) is 5.10 Å². The summed E-state index contributed by atoms with van der Waals surface area (Å²) in [6.45, 7) is 5.54. The van der Waals surface area contributed by atoms with E-state index >= 15 is 0 Å². The summed E-state index contributed by atoms with van der Waals surface area (Å²) >= 11 is 4.38. The first-order valence-corrected chi connectivity index (χ1v) is 10.9. The third-order valence-electron chi connectivity index (χ3n) is 4.48. The summed E-state index contributed by atoms with van der Waals surface area (Å²) in [5.41, 5.74) is 5.72. The van der Waals surface area contributed by atoms with Crippen LogP contribution in [0.1, 0.15) is 50.7 Å². The smallest absolute Gasteiger partial charge is 0.305 e. The Bertz CT molecular complexity index is 776. The highest BCUT2D eigenvalue weighted by Crippen LogP contribution is 2.26. The Morgan fingerprint density at radius 2 is 1.84 bits per heavy atom. The zero-order valence-corrected chi connectivity index (χ0v) is 19.1. The molecule has 0 fully saturated rings. The number of carboxylic acids is 1. The zero-order chi connectivity index (χ0) is 22.7. The van der Waals surface area contributed by atoms with Crippen molar-refractivity contribution < 1.29 is 28.9 Å². The van der Waals surface area contributed by atoms with Crippen LogP contribution in [-0.4, -0.2) is 60.5 Å². The van der Waals surface area contributed by atoms with Crippen molar-refractivity contribution in [1.82, 2.24) is 5.43 Å². The lowest BCUT2D eigenvalue weighted by atomic mass is 9.90. The molecule has 2 rings (SSSR count). The van der Waals surface area contributed by atoms with E-state index in [0.717, 1.165) is 41.9 Å². The Hall–Kier alpha value is -2.10. The molecule has 0 spiro atoms. The van der Waals surface area contributed by atoms with Gasteiger partial charge in [0.25, 0.3) is 0 Å². The summed E-state index contributed by atoms with van der Waals surface area (Å²) in [5, 5.41) is 12.9. The molecule has 0 aromatic heterocycles. The fraction of sp³-hybridized carbons (Fsp3) is 0.591.